The Kier molecular flexibility index (Phi) is 3.72. The van der Waals surface area contributed by atoms with Crippen LogP contribution in [0.1, 0.15) is 5.56 Å². The lowest BCUT2D eigenvalue weighted by Gasteiger charge is -2.17. The van der Waals surface area contributed by atoms with Gasteiger partial charge in [-0.3, -0.25) is 0 Å². The summed E-state index contributed by atoms with van der Waals surface area (Å²) < 4.78 is 40.2. The molecule has 0 fully saturated rings. The zero-order valence-corrected chi connectivity index (χ0v) is 11.6. The van der Waals surface area contributed by atoms with Gasteiger partial charge in [-0.1, -0.05) is 72.8 Å². The molecule has 0 spiro atoms. The maximum Gasteiger partial charge on any atom is 0.417 e. The van der Waals surface area contributed by atoms with Crippen LogP contribution < -0.4 is 0 Å². The molecule has 0 bridgehead atoms. The summed E-state index contributed by atoms with van der Waals surface area (Å²) in [7, 11) is 0. The molecule has 0 atom stereocenters. The molecule has 0 N–H and O–H groups in total. The second kappa shape index (κ2) is 5.68. The van der Waals surface area contributed by atoms with E-state index in [1.165, 1.54) is 6.07 Å². The van der Waals surface area contributed by atoms with E-state index in [1.54, 1.807) is 36.4 Å². The highest BCUT2D eigenvalue weighted by Crippen LogP contribution is 2.42. The smallest absolute Gasteiger partial charge is 0.166 e. The van der Waals surface area contributed by atoms with Crippen LogP contribution in [0.2, 0.25) is 0 Å². The van der Waals surface area contributed by atoms with E-state index in [4.69, 9.17) is 0 Å². The van der Waals surface area contributed by atoms with Gasteiger partial charge >= 0.3 is 6.18 Å². The molecule has 0 aliphatic carbocycles. The molecule has 0 heterocycles. The van der Waals surface area contributed by atoms with Gasteiger partial charge in [-0.05, 0) is 22.8 Å². The van der Waals surface area contributed by atoms with Gasteiger partial charge in [0.1, 0.15) is 0 Å². The lowest BCUT2D eigenvalue weighted by Crippen LogP contribution is -2.08. The second-order valence-corrected chi connectivity index (χ2v) is 4.87. The Balaban J connectivity index is 2.32. The van der Waals surface area contributed by atoms with Crippen LogP contribution in [0.25, 0.3) is 22.3 Å². The SMILES string of the molecule is FC(F)(F)c1[c]ccc(-c2ccccc2)c1-c1ccccc1. The van der Waals surface area contributed by atoms with E-state index < -0.39 is 11.7 Å². The highest BCUT2D eigenvalue weighted by atomic mass is 19.4. The molecule has 0 amide bonds. The van der Waals surface area contributed by atoms with Gasteiger partial charge in [0.25, 0.3) is 0 Å². The zero-order chi connectivity index (χ0) is 15.6. The lowest BCUT2D eigenvalue weighted by molar-refractivity contribution is -0.137. The molecule has 0 unspecified atom stereocenters. The van der Waals surface area contributed by atoms with E-state index in [9.17, 15) is 13.2 Å². The van der Waals surface area contributed by atoms with Crippen molar-refractivity contribution in [1.29, 1.82) is 0 Å². The Morgan fingerprint density at radius 1 is 0.682 bits per heavy atom. The number of halogens is 3. The van der Waals surface area contributed by atoms with Gasteiger partial charge in [0.05, 0.1) is 5.56 Å². The number of rotatable bonds is 2. The summed E-state index contributed by atoms with van der Waals surface area (Å²) >= 11 is 0. The lowest BCUT2D eigenvalue weighted by atomic mass is 9.90. The minimum absolute atomic E-state index is 0.168. The van der Waals surface area contributed by atoms with Gasteiger partial charge in [0.2, 0.25) is 0 Å². The van der Waals surface area contributed by atoms with Crippen molar-refractivity contribution < 1.29 is 13.2 Å². The summed E-state index contributed by atoms with van der Waals surface area (Å²) in [5.74, 6) is 0. The van der Waals surface area contributed by atoms with Crippen LogP contribution in [0.15, 0.2) is 72.8 Å². The minimum Gasteiger partial charge on any atom is -0.166 e. The maximum absolute atomic E-state index is 13.4. The molecular weight excluding hydrogens is 285 g/mol. The third-order valence-corrected chi connectivity index (χ3v) is 3.43. The molecule has 3 aromatic rings. The van der Waals surface area contributed by atoms with Crippen molar-refractivity contribution in [1.82, 2.24) is 0 Å². The average Bonchev–Trinajstić information content (AvgIpc) is 2.55. The molecule has 22 heavy (non-hydrogen) atoms. The second-order valence-electron chi connectivity index (χ2n) is 4.87. The Morgan fingerprint density at radius 2 is 1.23 bits per heavy atom. The van der Waals surface area contributed by atoms with Crippen molar-refractivity contribution in [3.63, 3.8) is 0 Å². The van der Waals surface area contributed by atoms with E-state index in [2.05, 4.69) is 6.07 Å². The van der Waals surface area contributed by atoms with Crippen LogP contribution in [0.5, 0.6) is 0 Å². The summed E-state index contributed by atoms with van der Waals surface area (Å²) in [6, 6.07) is 23.1. The van der Waals surface area contributed by atoms with Gasteiger partial charge in [-0.2, -0.15) is 13.2 Å². The van der Waals surface area contributed by atoms with E-state index in [0.717, 1.165) is 5.56 Å². The largest absolute Gasteiger partial charge is 0.417 e. The molecule has 0 saturated heterocycles. The fraction of sp³-hybridized carbons (Fsp3) is 0.0526. The van der Waals surface area contributed by atoms with Crippen LogP contribution in [-0.2, 0) is 6.18 Å². The third-order valence-electron chi connectivity index (χ3n) is 3.43. The first-order valence-corrected chi connectivity index (χ1v) is 6.80. The third kappa shape index (κ3) is 2.75. The summed E-state index contributed by atoms with van der Waals surface area (Å²) in [4.78, 5) is 0. The summed E-state index contributed by atoms with van der Waals surface area (Å²) in [5, 5.41) is 0. The van der Waals surface area contributed by atoms with Crippen molar-refractivity contribution in [2.45, 2.75) is 6.18 Å². The fourth-order valence-corrected chi connectivity index (χ4v) is 2.49. The highest BCUT2D eigenvalue weighted by Gasteiger charge is 2.35. The molecule has 0 aliphatic heterocycles. The topological polar surface area (TPSA) is 0 Å². The molecule has 0 saturated carbocycles. The first-order valence-electron chi connectivity index (χ1n) is 6.80. The van der Waals surface area contributed by atoms with Crippen molar-refractivity contribution in [2.24, 2.45) is 0 Å². The average molecular weight is 297 g/mol. The minimum atomic E-state index is -4.45. The van der Waals surface area contributed by atoms with Crippen LogP contribution in [-0.4, -0.2) is 0 Å². The molecule has 109 valence electrons. The first kappa shape index (κ1) is 14.4. The molecule has 3 heteroatoms. The predicted molar refractivity (Wildman–Crippen MR) is 81.2 cm³/mol. The Labute approximate surface area is 126 Å². The number of hydrogen-bond acceptors (Lipinski definition) is 0. The molecule has 0 aliphatic rings. The first-order chi connectivity index (χ1) is 10.6. The van der Waals surface area contributed by atoms with Crippen molar-refractivity contribution in [3.05, 3.63) is 84.4 Å². The van der Waals surface area contributed by atoms with E-state index >= 15 is 0 Å². The standard InChI is InChI=1S/C19H12F3/c20-19(21,22)17-13-7-12-16(14-8-3-1-4-9-14)18(17)15-10-5-2-6-11-15/h1-12H. The molecule has 0 nitrogen and oxygen atoms in total. The quantitative estimate of drug-likeness (QED) is 0.557. The van der Waals surface area contributed by atoms with Crippen LogP contribution in [0.4, 0.5) is 13.2 Å². The number of hydrogen-bond donors (Lipinski definition) is 0. The summed E-state index contributed by atoms with van der Waals surface area (Å²) in [6.07, 6.45) is -4.45. The molecule has 3 rings (SSSR count). The van der Waals surface area contributed by atoms with Crippen molar-refractivity contribution in [3.8, 4) is 22.3 Å². The number of alkyl halides is 3. The molecule has 3 aromatic carbocycles. The van der Waals surface area contributed by atoms with Gasteiger partial charge in [-0.15, -0.1) is 0 Å². The van der Waals surface area contributed by atoms with E-state index in [0.29, 0.717) is 11.1 Å². The molecular formula is C19H12F3. The monoisotopic (exact) mass is 297 g/mol. The summed E-state index contributed by atoms with van der Waals surface area (Å²) in [5.41, 5.74) is 1.27. The normalized spacial score (nSPS) is 11.4. The highest BCUT2D eigenvalue weighted by molar-refractivity contribution is 5.85. The maximum atomic E-state index is 13.4. The van der Waals surface area contributed by atoms with Gasteiger partial charge in [-0.25, -0.2) is 0 Å². The zero-order valence-electron chi connectivity index (χ0n) is 11.6. The van der Waals surface area contributed by atoms with Crippen molar-refractivity contribution in [2.75, 3.05) is 0 Å². The summed E-state index contributed by atoms with van der Waals surface area (Å²) in [6.45, 7) is 0. The van der Waals surface area contributed by atoms with Crippen LogP contribution in [0.3, 0.4) is 0 Å². The van der Waals surface area contributed by atoms with E-state index in [-0.39, 0.29) is 5.56 Å². The fourth-order valence-electron chi connectivity index (χ4n) is 2.49. The Hall–Kier alpha value is -2.55. The molecule has 0 aromatic heterocycles. The van der Waals surface area contributed by atoms with E-state index in [1.807, 2.05) is 30.3 Å². The van der Waals surface area contributed by atoms with Gasteiger partial charge in [0, 0.05) is 5.56 Å². The predicted octanol–water partition coefficient (Wildman–Crippen LogP) is 5.84. The van der Waals surface area contributed by atoms with Crippen molar-refractivity contribution >= 4 is 0 Å². The molecule has 1 radical (unpaired) electrons. The van der Waals surface area contributed by atoms with Gasteiger partial charge < -0.3 is 0 Å². The van der Waals surface area contributed by atoms with Crippen LogP contribution >= 0.6 is 0 Å². The Bertz CT molecular complexity index is 760. The van der Waals surface area contributed by atoms with Crippen LogP contribution in [0, 0.1) is 6.07 Å². The number of benzene rings is 3. The Morgan fingerprint density at radius 3 is 1.77 bits per heavy atom. The van der Waals surface area contributed by atoms with Gasteiger partial charge in [0.15, 0.2) is 0 Å².